The van der Waals surface area contributed by atoms with Crippen molar-refractivity contribution in [2.75, 3.05) is 23.7 Å². The monoisotopic (exact) mass is 402 g/mol. The van der Waals surface area contributed by atoms with Gasteiger partial charge in [-0.25, -0.2) is 9.97 Å². The number of rotatable bonds is 4. The zero-order valence-electron chi connectivity index (χ0n) is 15.6. The van der Waals surface area contributed by atoms with Gasteiger partial charge >= 0.3 is 6.18 Å². The Hall–Kier alpha value is -2.94. The lowest BCUT2D eigenvalue weighted by Crippen LogP contribution is -2.31. The maximum absolute atomic E-state index is 13.5. The number of nitrogens with one attached hydrogen (secondary N) is 3. The second-order valence-corrected chi connectivity index (χ2v) is 7.01. The van der Waals surface area contributed by atoms with E-state index in [9.17, 15) is 13.2 Å². The van der Waals surface area contributed by atoms with E-state index in [0.29, 0.717) is 5.52 Å². The van der Waals surface area contributed by atoms with Crippen molar-refractivity contribution in [3.8, 4) is 0 Å². The first-order valence-electron chi connectivity index (χ1n) is 9.53. The van der Waals surface area contributed by atoms with Crippen LogP contribution < -0.4 is 16.0 Å². The summed E-state index contributed by atoms with van der Waals surface area (Å²) >= 11 is 0. The highest BCUT2D eigenvalue weighted by molar-refractivity contribution is 5.80. The standard InChI is InChI=1S/C20H21F3N6/c21-20(22,23)15-12-25-19(26-14-6-3-4-10-24-11-14)29-18(15)28-17-9-8-13-5-1-2-7-16(13)27-17/h1-2,5,7-9,12,14,24H,3-4,6,10-11H2,(H2,25,26,27,28,29)/t14-/m0/s1. The molecular formula is C20H21F3N6. The van der Waals surface area contributed by atoms with Crippen LogP contribution in [0.1, 0.15) is 24.8 Å². The van der Waals surface area contributed by atoms with Crippen molar-refractivity contribution >= 4 is 28.5 Å². The first kappa shape index (κ1) is 19.4. The Morgan fingerprint density at radius 2 is 1.90 bits per heavy atom. The van der Waals surface area contributed by atoms with Gasteiger partial charge in [-0.1, -0.05) is 24.6 Å². The summed E-state index contributed by atoms with van der Waals surface area (Å²) in [6.07, 6.45) is -0.749. The van der Waals surface area contributed by atoms with Crippen LogP contribution in [0.3, 0.4) is 0 Å². The minimum Gasteiger partial charge on any atom is -0.350 e. The van der Waals surface area contributed by atoms with E-state index in [0.717, 1.165) is 43.9 Å². The average molecular weight is 402 g/mol. The number of aromatic nitrogens is 3. The van der Waals surface area contributed by atoms with Crippen LogP contribution in [0.4, 0.5) is 30.8 Å². The summed E-state index contributed by atoms with van der Waals surface area (Å²) in [5.74, 6) is 0.129. The van der Waals surface area contributed by atoms with E-state index in [-0.39, 0.29) is 23.6 Å². The molecule has 0 saturated carbocycles. The minimum atomic E-state index is -4.58. The molecular weight excluding hydrogens is 381 g/mol. The smallest absolute Gasteiger partial charge is 0.350 e. The van der Waals surface area contributed by atoms with Gasteiger partial charge in [0.25, 0.3) is 0 Å². The zero-order chi connectivity index (χ0) is 20.3. The number of benzene rings is 1. The molecule has 0 amide bonds. The van der Waals surface area contributed by atoms with Gasteiger partial charge in [-0.2, -0.15) is 18.2 Å². The molecule has 0 unspecified atom stereocenters. The van der Waals surface area contributed by atoms with Crippen LogP contribution in [0.15, 0.2) is 42.6 Å². The lowest BCUT2D eigenvalue weighted by Gasteiger charge is -2.18. The van der Waals surface area contributed by atoms with Crippen LogP contribution in [-0.4, -0.2) is 34.1 Å². The summed E-state index contributed by atoms with van der Waals surface area (Å²) < 4.78 is 40.4. The van der Waals surface area contributed by atoms with Crippen LogP contribution in [0.2, 0.25) is 0 Å². The molecule has 3 N–H and O–H groups in total. The van der Waals surface area contributed by atoms with Crippen LogP contribution in [-0.2, 0) is 6.18 Å². The van der Waals surface area contributed by atoms with Gasteiger partial charge in [0.15, 0.2) is 0 Å². The van der Waals surface area contributed by atoms with Gasteiger partial charge in [-0.3, -0.25) is 0 Å². The molecule has 2 aromatic heterocycles. The van der Waals surface area contributed by atoms with E-state index < -0.39 is 11.7 Å². The quantitative estimate of drug-likeness (QED) is 0.603. The average Bonchev–Trinajstić information content (AvgIpc) is 2.96. The molecule has 1 aromatic carbocycles. The first-order valence-corrected chi connectivity index (χ1v) is 9.53. The normalized spacial score (nSPS) is 17.7. The van der Waals surface area contributed by atoms with E-state index in [4.69, 9.17) is 0 Å². The van der Waals surface area contributed by atoms with Gasteiger partial charge in [0.1, 0.15) is 17.2 Å². The number of nitrogens with zero attached hydrogens (tertiary/aromatic N) is 3. The van der Waals surface area contributed by atoms with Gasteiger partial charge in [0, 0.05) is 24.2 Å². The second kappa shape index (κ2) is 8.20. The Kier molecular flexibility index (Phi) is 5.48. The first-order chi connectivity index (χ1) is 14.0. The zero-order valence-corrected chi connectivity index (χ0v) is 15.6. The van der Waals surface area contributed by atoms with Crippen molar-refractivity contribution in [1.82, 2.24) is 20.3 Å². The Bertz CT molecular complexity index is 983. The van der Waals surface area contributed by atoms with Gasteiger partial charge in [-0.05, 0) is 37.6 Å². The molecule has 1 aliphatic rings. The summed E-state index contributed by atoms with van der Waals surface area (Å²) in [7, 11) is 0. The van der Waals surface area contributed by atoms with Crippen LogP contribution >= 0.6 is 0 Å². The molecule has 4 rings (SSSR count). The number of hydrogen-bond donors (Lipinski definition) is 3. The van der Waals surface area contributed by atoms with Crippen molar-refractivity contribution in [1.29, 1.82) is 0 Å². The molecule has 1 atom stereocenters. The molecule has 0 radical (unpaired) electrons. The lowest BCUT2D eigenvalue weighted by atomic mass is 10.1. The van der Waals surface area contributed by atoms with Crippen LogP contribution in [0.5, 0.6) is 0 Å². The van der Waals surface area contributed by atoms with Crippen LogP contribution in [0.25, 0.3) is 10.9 Å². The van der Waals surface area contributed by atoms with E-state index in [2.05, 4.69) is 30.9 Å². The third-order valence-electron chi connectivity index (χ3n) is 4.82. The highest BCUT2D eigenvalue weighted by Gasteiger charge is 2.35. The highest BCUT2D eigenvalue weighted by Crippen LogP contribution is 2.35. The molecule has 6 nitrogen and oxygen atoms in total. The van der Waals surface area contributed by atoms with Crippen molar-refractivity contribution in [3.63, 3.8) is 0 Å². The summed E-state index contributed by atoms with van der Waals surface area (Å²) in [4.78, 5) is 12.4. The number of hydrogen-bond acceptors (Lipinski definition) is 6. The molecule has 1 saturated heterocycles. The predicted octanol–water partition coefficient (Wildman–Crippen LogP) is 4.34. The van der Waals surface area contributed by atoms with Crippen molar-refractivity contribution in [3.05, 3.63) is 48.2 Å². The number of para-hydroxylation sites is 1. The van der Waals surface area contributed by atoms with Gasteiger partial charge in [0.05, 0.1) is 5.52 Å². The minimum absolute atomic E-state index is 0.0703. The predicted molar refractivity (Wildman–Crippen MR) is 106 cm³/mol. The fourth-order valence-corrected chi connectivity index (χ4v) is 3.34. The summed E-state index contributed by atoms with van der Waals surface area (Å²) in [5.41, 5.74) is -0.250. The fourth-order valence-electron chi connectivity index (χ4n) is 3.34. The fraction of sp³-hybridized carbons (Fsp3) is 0.350. The maximum Gasteiger partial charge on any atom is 0.421 e. The highest BCUT2D eigenvalue weighted by atomic mass is 19.4. The molecule has 1 aliphatic heterocycles. The number of alkyl halides is 3. The third-order valence-corrected chi connectivity index (χ3v) is 4.82. The van der Waals surface area contributed by atoms with Crippen molar-refractivity contribution in [2.24, 2.45) is 0 Å². The third kappa shape index (κ3) is 4.73. The Morgan fingerprint density at radius 1 is 1.03 bits per heavy atom. The molecule has 1 fully saturated rings. The van der Waals surface area contributed by atoms with E-state index in [1.807, 2.05) is 18.2 Å². The summed E-state index contributed by atoms with van der Waals surface area (Å²) in [6, 6.07) is 10.9. The van der Waals surface area contributed by atoms with Gasteiger partial charge in [-0.15, -0.1) is 0 Å². The van der Waals surface area contributed by atoms with Crippen molar-refractivity contribution in [2.45, 2.75) is 31.5 Å². The van der Waals surface area contributed by atoms with E-state index in [1.54, 1.807) is 18.2 Å². The van der Waals surface area contributed by atoms with E-state index >= 15 is 0 Å². The largest absolute Gasteiger partial charge is 0.421 e. The Labute approximate surface area is 166 Å². The molecule has 9 heteroatoms. The lowest BCUT2D eigenvalue weighted by molar-refractivity contribution is -0.137. The molecule has 0 spiro atoms. The Balaban J connectivity index is 1.63. The topological polar surface area (TPSA) is 74.8 Å². The van der Waals surface area contributed by atoms with Crippen LogP contribution in [0, 0.1) is 0 Å². The number of anilines is 3. The second-order valence-electron chi connectivity index (χ2n) is 7.01. The molecule has 3 aromatic rings. The molecule has 0 aliphatic carbocycles. The molecule has 3 heterocycles. The van der Waals surface area contributed by atoms with E-state index in [1.165, 1.54) is 0 Å². The SMILES string of the molecule is FC(F)(F)c1cnc(N[C@H]2CCCCNC2)nc1Nc1ccc2ccccc2n1. The Morgan fingerprint density at radius 3 is 2.76 bits per heavy atom. The molecule has 29 heavy (non-hydrogen) atoms. The number of fused-ring (bicyclic) bond motifs is 1. The maximum atomic E-state index is 13.5. The molecule has 0 bridgehead atoms. The number of halogens is 3. The van der Waals surface area contributed by atoms with Crippen molar-refractivity contribution < 1.29 is 13.2 Å². The summed E-state index contributed by atoms with van der Waals surface area (Å²) in [5, 5.41) is 10.1. The van der Waals surface area contributed by atoms with Gasteiger partial charge in [0.2, 0.25) is 5.95 Å². The number of pyridine rings is 1. The van der Waals surface area contributed by atoms with Gasteiger partial charge < -0.3 is 16.0 Å². The molecule has 152 valence electrons. The summed E-state index contributed by atoms with van der Waals surface area (Å²) in [6.45, 7) is 1.66.